The lowest BCUT2D eigenvalue weighted by atomic mass is 9.90. The summed E-state index contributed by atoms with van der Waals surface area (Å²) in [4.78, 5) is 34.8. The summed E-state index contributed by atoms with van der Waals surface area (Å²) in [6.45, 7) is 1.37. The highest BCUT2D eigenvalue weighted by molar-refractivity contribution is 9.10. The molecule has 44 heavy (non-hydrogen) atoms. The highest BCUT2D eigenvalue weighted by Gasteiger charge is 2.47. The molecule has 0 saturated heterocycles. The molecular weight excluding hydrogens is 661 g/mol. The Bertz CT molecular complexity index is 1830. The number of hydrogen-bond acceptors (Lipinski definition) is 7. The van der Waals surface area contributed by atoms with E-state index in [-0.39, 0.29) is 58.5 Å². The first-order chi connectivity index (χ1) is 20.9. The van der Waals surface area contributed by atoms with Crippen LogP contribution >= 0.6 is 27.5 Å². The minimum absolute atomic E-state index is 0.0572. The van der Waals surface area contributed by atoms with Gasteiger partial charge >= 0.3 is 0 Å². The summed E-state index contributed by atoms with van der Waals surface area (Å²) in [5.41, 5.74) is 4.06. The number of ether oxygens (including phenoxy) is 2. The van der Waals surface area contributed by atoms with Gasteiger partial charge in [0.05, 0.1) is 36.5 Å². The van der Waals surface area contributed by atoms with E-state index in [4.69, 9.17) is 34.7 Å². The predicted molar refractivity (Wildman–Crippen MR) is 165 cm³/mol. The zero-order valence-electron chi connectivity index (χ0n) is 23.5. The first kappa shape index (κ1) is 31.6. The number of benzene rings is 2. The molecule has 4 N–H and O–H groups in total. The van der Waals surface area contributed by atoms with Crippen LogP contribution in [0.5, 0.6) is 11.5 Å². The van der Waals surface area contributed by atoms with Gasteiger partial charge in [0.25, 0.3) is 11.8 Å². The molecule has 0 aliphatic heterocycles. The van der Waals surface area contributed by atoms with Crippen LogP contribution in [0.4, 0.5) is 8.78 Å². The zero-order valence-corrected chi connectivity index (χ0v) is 25.9. The number of nitrogens with two attached hydrogens (primary N) is 1. The molecule has 14 heteroatoms. The highest BCUT2D eigenvalue weighted by Crippen LogP contribution is 2.47. The first-order valence-electron chi connectivity index (χ1n) is 13.4. The molecule has 2 aromatic carbocycles. The largest absolute Gasteiger partial charge is 0.494 e. The molecule has 1 saturated carbocycles. The number of hydrogen-bond donors (Lipinski definition) is 3. The summed E-state index contributed by atoms with van der Waals surface area (Å²) in [7, 11) is 7.35. The Labute approximate surface area is 265 Å². The molecule has 2 radical (unpaired) electrons. The van der Waals surface area contributed by atoms with Gasteiger partial charge in [-0.15, -0.1) is 0 Å². The topological polar surface area (TPSA) is 137 Å². The van der Waals surface area contributed by atoms with E-state index in [0.717, 1.165) is 6.07 Å². The normalized spacial score (nSPS) is 14.2. The van der Waals surface area contributed by atoms with Gasteiger partial charge in [-0.25, -0.2) is 13.8 Å². The number of aromatic nitrogens is 2. The van der Waals surface area contributed by atoms with Crippen LogP contribution in [0, 0.1) is 17.6 Å². The Kier molecular flexibility index (Phi) is 8.83. The Balaban J connectivity index is 1.57. The van der Waals surface area contributed by atoms with Crippen LogP contribution in [0.15, 0.2) is 40.9 Å². The second kappa shape index (κ2) is 12.3. The second-order valence-electron chi connectivity index (χ2n) is 10.3. The number of nitrogens with one attached hydrogen (secondary N) is 1. The van der Waals surface area contributed by atoms with Gasteiger partial charge in [0.1, 0.15) is 42.0 Å². The number of halogens is 4. The fraction of sp³-hybridized carbons (Fsp3) is 0.267. The van der Waals surface area contributed by atoms with E-state index in [1.54, 1.807) is 19.1 Å². The van der Waals surface area contributed by atoms with Crippen molar-refractivity contribution >= 4 is 63.7 Å². The monoisotopic (exact) mass is 684 g/mol. The van der Waals surface area contributed by atoms with E-state index < -0.39 is 34.1 Å². The van der Waals surface area contributed by atoms with Crippen LogP contribution in [-0.2, 0) is 5.60 Å². The molecule has 1 atom stereocenters. The number of nitrogens with zero attached hydrogens (tertiary/aromatic N) is 2. The summed E-state index contributed by atoms with van der Waals surface area (Å²) in [6.07, 6.45) is 1.17. The maximum atomic E-state index is 15.1. The van der Waals surface area contributed by atoms with Crippen LogP contribution in [0.1, 0.15) is 46.2 Å². The van der Waals surface area contributed by atoms with Gasteiger partial charge in [-0.3, -0.25) is 14.6 Å². The molecule has 0 bridgehead atoms. The van der Waals surface area contributed by atoms with Crippen molar-refractivity contribution in [1.82, 2.24) is 15.3 Å². The number of pyridine rings is 2. The molecule has 9 nitrogen and oxygen atoms in total. The van der Waals surface area contributed by atoms with Gasteiger partial charge in [0, 0.05) is 32.6 Å². The molecule has 1 aliphatic carbocycles. The average molecular weight is 686 g/mol. The third-order valence-corrected chi connectivity index (χ3v) is 8.28. The summed E-state index contributed by atoms with van der Waals surface area (Å²) in [5, 5.41) is 15.0. The van der Waals surface area contributed by atoms with E-state index in [1.807, 2.05) is 0 Å². The fourth-order valence-corrected chi connectivity index (χ4v) is 5.47. The smallest absolute Gasteiger partial charge is 0.252 e. The van der Waals surface area contributed by atoms with E-state index in [1.165, 1.54) is 19.2 Å². The number of rotatable bonds is 10. The predicted octanol–water partition coefficient (Wildman–Crippen LogP) is 4.32. The minimum atomic E-state index is -1.81. The Morgan fingerprint density at radius 2 is 1.91 bits per heavy atom. The van der Waals surface area contributed by atoms with Crippen LogP contribution in [0.3, 0.4) is 0 Å². The zero-order chi connectivity index (χ0) is 31.9. The van der Waals surface area contributed by atoms with Crippen molar-refractivity contribution in [2.45, 2.75) is 25.4 Å². The van der Waals surface area contributed by atoms with Crippen molar-refractivity contribution in [3.05, 3.63) is 74.3 Å². The van der Waals surface area contributed by atoms with Crippen molar-refractivity contribution in [3.63, 3.8) is 0 Å². The van der Waals surface area contributed by atoms with Crippen molar-refractivity contribution in [3.8, 4) is 22.8 Å². The number of fused-ring (bicyclic) bond motifs is 1. The van der Waals surface area contributed by atoms with Gasteiger partial charge in [-0.1, -0.05) is 11.6 Å². The highest BCUT2D eigenvalue weighted by atomic mass is 79.9. The molecule has 2 heterocycles. The van der Waals surface area contributed by atoms with Gasteiger partial charge < -0.3 is 25.6 Å². The number of amides is 2. The average Bonchev–Trinajstić information content (AvgIpc) is 3.84. The van der Waals surface area contributed by atoms with Crippen molar-refractivity contribution in [2.24, 2.45) is 11.7 Å². The van der Waals surface area contributed by atoms with Crippen molar-refractivity contribution in [1.29, 1.82) is 0 Å². The lowest BCUT2D eigenvalue weighted by molar-refractivity contribution is 0.00946. The van der Waals surface area contributed by atoms with Crippen LogP contribution in [-0.4, -0.2) is 55.0 Å². The molecule has 1 fully saturated rings. The molecule has 2 amide bonds. The maximum absolute atomic E-state index is 15.1. The van der Waals surface area contributed by atoms with Crippen LogP contribution < -0.4 is 26.1 Å². The van der Waals surface area contributed by atoms with Gasteiger partial charge in [0.15, 0.2) is 5.75 Å². The fourth-order valence-electron chi connectivity index (χ4n) is 4.97. The molecular formula is C30H25BBrClF2N4O5. The van der Waals surface area contributed by atoms with Gasteiger partial charge in [-0.2, -0.15) is 0 Å². The number of primary amides is 1. The molecule has 1 aliphatic rings. The summed E-state index contributed by atoms with van der Waals surface area (Å²) < 4.78 is 40.7. The molecule has 2 aromatic heterocycles. The summed E-state index contributed by atoms with van der Waals surface area (Å²) >= 11 is 9.29. The van der Waals surface area contributed by atoms with Gasteiger partial charge in [-0.05, 0) is 71.9 Å². The Morgan fingerprint density at radius 3 is 2.55 bits per heavy atom. The number of methoxy groups -OCH3 is 1. The summed E-state index contributed by atoms with van der Waals surface area (Å²) in [6, 6.07) is 7.65. The molecule has 0 unspecified atom stereocenters. The molecule has 4 aromatic rings. The number of aliphatic hydroxyl groups is 1. The van der Waals surface area contributed by atoms with E-state index in [0.29, 0.717) is 40.0 Å². The Hall–Kier alpha value is -3.81. The molecule has 5 rings (SSSR count). The lowest BCUT2D eigenvalue weighted by Gasteiger charge is -2.29. The third-order valence-electron chi connectivity index (χ3n) is 7.35. The third kappa shape index (κ3) is 5.96. The second-order valence-corrected chi connectivity index (χ2v) is 11.5. The molecule has 0 spiro atoms. The lowest BCUT2D eigenvalue weighted by Crippen LogP contribution is -2.43. The number of carbonyl (C=O) groups is 2. The first-order valence-corrected chi connectivity index (χ1v) is 14.6. The standard InChI is InChI=1S/C30H25BBrClF2N4O5/c1-3-44-26-17(28(36)40)10-23(38-25(26)16-9-19(33)21(35)11-20(16)34)30(42,15-4-5-15)12-37-29(41)14-6-13-7-18(32)27(31)39-24(13)22(8-14)43-2/h6-11,15,42H,3-5,12H2,1-2H3,(H2,36,40)(H,37,41)/t30-/m1/s1. The van der Waals surface area contributed by atoms with Crippen molar-refractivity contribution < 1.29 is 33.0 Å². The Morgan fingerprint density at radius 1 is 1.18 bits per heavy atom. The van der Waals surface area contributed by atoms with Gasteiger partial charge in [0.2, 0.25) is 0 Å². The quantitative estimate of drug-likeness (QED) is 0.167. The summed E-state index contributed by atoms with van der Waals surface area (Å²) in [5.74, 6) is -3.70. The maximum Gasteiger partial charge on any atom is 0.252 e. The van der Waals surface area contributed by atoms with Crippen LogP contribution in [0.25, 0.3) is 22.2 Å². The van der Waals surface area contributed by atoms with E-state index in [9.17, 15) is 19.1 Å². The van der Waals surface area contributed by atoms with Crippen molar-refractivity contribution in [2.75, 3.05) is 20.3 Å². The SMILES string of the molecule is [B]c1nc2c(OC)cc(C(=O)NC[C@](O)(c3cc(C(N)=O)c(OCC)c(-c4cc(Cl)c(F)cc4F)n3)C3CC3)cc2cc1Br. The molecule has 226 valence electrons. The van der Waals surface area contributed by atoms with Crippen LogP contribution in [0.2, 0.25) is 5.02 Å². The van der Waals surface area contributed by atoms with E-state index in [2.05, 4.69) is 31.2 Å². The van der Waals surface area contributed by atoms with E-state index >= 15 is 4.39 Å². The minimum Gasteiger partial charge on any atom is -0.494 e. The number of carbonyl (C=O) groups excluding carboxylic acids is 2.